The Balaban J connectivity index is 1.23. The van der Waals surface area contributed by atoms with Gasteiger partial charge >= 0.3 is 11.8 Å². The molecular weight excluding hydrogens is 412 g/mol. The van der Waals surface area contributed by atoms with Gasteiger partial charge < -0.3 is 15.1 Å². The number of oxazole rings is 1. The van der Waals surface area contributed by atoms with E-state index in [4.69, 9.17) is 16.0 Å². The first kappa shape index (κ1) is 20.5. The number of urea groups is 1. The van der Waals surface area contributed by atoms with E-state index in [2.05, 4.69) is 10.6 Å². The van der Waals surface area contributed by atoms with Crippen LogP contribution in [0.5, 0.6) is 0 Å². The molecule has 2 aromatic rings. The van der Waals surface area contributed by atoms with Crippen molar-refractivity contribution < 1.29 is 18.8 Å². The van der Waals surface area contributed by atoms with Crippen molar-refractivity contribution in [1.82, 2.24) is 20.1 Å². The molecule has 0 unspecified atom stereocenters. The van der Waals surface area contributed by atoms with Crippen LogP contribution in [0.25, 0.3) is 11.1 Å². The third-order valence-electron chi connectivity index (χ3n) is 5.78. The molecule has 0 bridgehead atoms. The molecule has 30 heavy (non-hydrogen) atoms. The highest BCUT2D eigenvalue weighted by molar-refractivity contribution is 6.31. The highest BCUT2D eigenvalue weighted by Crippen LogP contribution is 2.34. The Kier molecular flexibility index (Phi) is 5.55. The summed E-state index contributed by atoms with van der Waals surface area (Å²) in [5.74, 6) is -0.920. The molecular formula is C20H23ClN4O5. The second kappa shape index (κ2) is 8.14. The van der Waals surface area contributed by atoms with Crippen LogP contribution >= 0.6 is 11.6 Å². The average Bonchev–Trinajstić information content (AvgIpc) is 3.35. The lowest BCUT2D eigenvalue weighted by molar-refractivity contribution is -0.131. The lowest BCUT2D eigenvalue weighted by Crippen LogP contribution is -2.44. The maximum Gasteiger partial charge on any atom is 0.419 e. The van der Waals surface area contributed by atoms with Crippen LogP contribution in [0, 0.1) is 0 Å². The van der Waals surface area contributed by atoms with Crippen LogP contribution in [-0.2, 0) is 16.1 Å². The van der Waals surface area contributed by atoms with E-state index in [1.807, 2.05) is 0 Å². The third kappa shape index (κ3) is 3.81. The molecule has 4 amide bonds. The van der Waals surface area contributed by atoms with Gasteiger partial charge in [0.25, 0.3) is 5.91 Å². The van der Waals surface area contributed by atoms with Crippen molar-refractivity contribution in [2.45, 2.75) is 50.6 Å². The number of amides is 4. The van der Waals surface area contributed by atoms with Gasteiger partial charge in [0.1, 0.15) is 5.54 Å². The molecule has 1 spiro atoms. The zero-order valence-corrected chi connectivity index (χ0v) is 17.2. The second-order valence-electron chi connectivity index (χ2n) is 7.76. The van der Waals surface area contributed by atoms with Gasteiger partial charge in [-0.05, 0) is 31.4 Å². The van der Waals surface area contributed by atoms with E-state index in [0.29, 0.717) is 41.9 Å². The van der Waals surface area contributed by atoms with Crippen LogP contribution in [0.3, 0.4) is 0 Å². The molecule has 1 aliphatic heterocycles. The van der Waals surface area contributed by atoms with E-state index in [0.717, 1.165) is 12.8 Å². The maximum absolute atomic E-state index is 12.6. The van der Waals surface area contributed by atoms with Gasteiger partial charge in [-0.3, -0.25) is 19.1 Å². The van der Waals surface area contributed by atoms with Crippen LogP contribution in [-0.4, -0.2) is 45.9 Å². The number of hydrogen-bond acceptors (Lipinski definition) is 5. The summed E-state index contributed by atoms with van der Waals surface area (Å²) in [6, 6.07) is 4.54. The fourth-order valence-corrected chi connectivity index (χ4v) is 4.38. The molecule has 1 aromatic carbocycles. The SMILES string of the molecule is O=C(CCn1c(=O)oc2cc(Cl)ccc21)NCCCN1C(=O)NC2(CCCC2)C1=O. The highest BCUT2D eigenvalue weighted by atomic mass is 35.5. The van der Waals surface area contributed by atoms with Crippen molar-refractivity contribution in [3.05, 3.63) is 33.8 Å². The average molecular weight is 435 g/mol. The number of imide groups is 1. The Bertz CT molecular complexity index is 1050. The zero-order valence-electron chi connectivity index (χ0n) is 16.4. The smallest absolute Gasteiger partial charge is 0.408 e. The number of aromatic nitrogens is 1. The Morgan fingerprint density at radius 2 is 1.97 bits per heavy atom. The van der Waals surface area contributed by atoms with Crippen LogP contribution in [0.2, 0.25) is 5.02 Å². The topological polar surface area (TPSA) is 114 Å². The Labute approximate surface area is 177 Å². The highest BCUT2D eigenvalue weighted by Gasteiger charge is 2.51. The van der Waals surface area contributed by atoms with Crippen LogP contribution < -0.4 is 16.4 Å². The number of hydrogen-bond donors (Lipinski definition) is 2. The standard InChI is InChI=1S/C20H23ClN4O5/c21-13-4-5-14-15(12-13)30-19(29)24(14)11-6-16(26)22-9-3-10-25-17(27)20(23-18(25)28)7-1-2-8-20/h4-5,12H,1-3,6-11H2,(H,22,26)(H,23,28). The monoisotopic (exact) mass is 434 g/mol. The molecule has 2 heterocycles. The van der Waals surface area contributed by atoms with Crippen molar-refractivity contribution in [2.24, 2.45) is 0 Å². The number of benzene rings is 1. The van der Waals surface area contributed by atoms with Crippen LogP contribution in [0.1, 0.15) is 38.5 Å². The lowest BCUT2D eigenvalue weighted by atomic mass is 9.98. The first-order valence-electron chi connectivity index (χ1n) is 10.1. The van der Waals surface area contributed by atoms with Crippen LogP contribution in [0.15, 0.2) is 27.4 Å². The molecule has 160 valence electrons. The summed E-state index contributed by atoms with van der Waals surface area (Å²) in [7, 11) is 0. The molecule has 10 heteroatoms. The van der Waals surface area contributed by atoms with Gasteiger partial charge in [0.2, 0.25) is 5.91 Å². The van der Waals surface area contributed by atoms with E-state index >= 15 is 0 Å². The largest absolute Gasteiger partial charge is 0.419 e. The number of rotatable bonds is 7. The summed E-state index contributed by atoms with van der Waals surface area (Å²) in [6.45, 7) is 0.771. The van der Waals surface area contributed by atoms with E-state index in [9.17, 15) is 19.2 Å². The molecule has 0 atom stereocenters. The van der Waals surface area contributed by atoms with Crippen molar-refractivity contribution in [1.29, 1.82) is 0 Å². The van der Waals surface area contributed by atoms with Gasteiger partial charge in [0, 0.05) is 37.1 Å². The predicted octanol–water partition coefficient (Wildman–Crippen LogP) is 2.01. The fraction of sp³-hybridized carbons (Fsp3) is 0.500. The van der Waals surface area contributed by atoms with Crippen LogP contribution in [0.4, 0.5) is 4.79 Å². The number of nitrogens with one attached hydrogen (secondary N) is 2. The number of nitrogens with zero attached hydrogens (tertiary/aromatic N) is 2. The van der Waals surface area contributed by atoms with E-state index in [-0.39, 0.29) is 37.4 Å². The normalized spacial score (nSPS) is 17.8. The first-order valence-corrected chi connectivity index (χ1v) is 10.5. The van der Waals surface area contributed by atoms with E-state index < -0.39 is 11.3 Å². The molecule has 0 radical (unpaired) electrons. The molecule has 1 aromatic heterocycles. The van der Waals surface area contributed by atoms with E-state index in [1.54, 1.807) is 18.2 Å². The second-order valence-corrected chi connectivity index (χ2v) is 8.20. The molecule has 2 N–H and O–H groups in total. The van der Waals surface area contributed by atoms with Gasteiger partial charge in [0.15, 0.2) is 5.58 Å². The van der Waals surface area contributed by atoms with Gasteiger partial charge in [-0.25, -0.2) is 9.59 Å². The summed E-state index contributed by atoms with van der Waals surface area (Å²) in [5, 5.41) is 6.06. The Morgan fingerprint density at radius 3 is 2.73 bits per heavy atom. The maximum atomic E-state index is 12.6. The van der Waals surface area contributed by atoms with Gasteiger partial charge in [0.05, 0.1) is 5.52 Å². The van der Waals surface area contributed by atoms with Crippen molar-refractivity contribution in [2.75, 3.05) is 13.1 Å². The predicted molar refractivity (Wildman–Crippen MR) is 109 cm³/mol. The minimum atomic E-state index is -0.703. The number of fused-ring (bicyclic) bond motifs is 1. The number of halogens is 1. The molecule has 1 saturated carbocycles. The van der Waals surface area contributed by atoms with Crippen molar-refractivity contribution in [3.63, 3.8) is 0 Å². The Hall–Kier alpha value is -2.81. The summed E-state index contributed by atoms with van der Waals surface area (Å²) in [5.41, 5.74) is 0.253. The summed E-state index contributed by atoms with van der Waals surface area (Å²) in [6.07, 6.45) is 3.84. The zero-order chi connectivity index (χ0) is 21.3. The third-order valence-corrected chi connectivity index (χ3v) is 6.01. The van der Waals surface area contributed by atoms with Gasteiger partial charge in [-0.2, -0.15) is 0 Å². The quantitative estimate of drug-likeness (QED) is 0.511. The summed E-state index contributed by atoms with van der Waals surface area (Å²) in [4.78, 5) is 50.1. The number of carbonyl (C=O) groups excluding carboxylic acids is 3. The van der Waals surface area contributed by atoms with Crippen molar-refractivity contribution >= 4 is 40.5 Å². The van der Waals surface area contributed by atoms with Crippen molar-refractivity contribution in [3.8, 4) is 0 Å². The minimum absolute atomic E-state index is 0.101. The number of carbonyl (C=O) groups is 3. The molecule has 1 saturated heterocycles. The minimum Gasteiger partial charge on any atom is -0.408 e. The molecule has 4 rings (SSSR count). The molecule has 1 aliphatic carbocycles. The Morgan fingerprint density at radius 1 is 1.20 bits per heavy atom. The lowest BCUT2D eigenvalue weighted by Gasteiger charge is -2.20. The first-order chi connectivity index (χ1) is 14.4. The van der Waals surface area contributed by atoms with Gasteiger partial charge in [-0.15, -0.1) is 0 Å². The molecule has 2 aliphatic rings. The van der Waals surface area contributed by atoms with Gasteiger partial charge in [-0.1, -0.05) is 24.4 Å². The van der Waals surface area contributed by atoms with E-state index in [1.165, 1.54) is 9.47 Å². The molecule has 2 fully saturated rings. The fourth-order valence-electron chi connectivity index (χ4n) is 4.22. The molecule has 9 nitrogen and oxygen atoms in total. The number of aryl methyl sites for hydroxylation is 1. The summed E-state index contributed by atoms with van der Waals surface area (Å²) >= 11 is 5.89. The summed E-state index contributed by atoms with van der Waals surface area (Å²) < 4.78 is 6.53.